The number of nitrogens with zero attached hydrogens (tertiary/aromatic N) is 1. The second-order valence-corrected chi connectivity index (χ2v) is 14.4. The lowest BCUT2D eigenvalue weighted by atomic mass is 9.68. The van der Waals surface area contributed by atoms with Gasteiger partial charge in [-0.15, -0.1) is 11.8 Å². The fourth-order valence-electron chi connectivity index (χ4n) is 7.60. The first kappa shape index (κ1) is 29.4. The predicted octanol–water partition coefficient (Wildman–Crippen LogP) is 4.26. The maximum absolute atomic E-state index is 13.8. The Balaban J connectivity index is 1.31. The Kier molecular flexibility index (Phi) is 8.27. The number of thiazole rings is 1. The lowest BCUT2D eigenvalue weighted by molar-refractivity contribution is -0.145. The van der Waals surface area contributed by atoms with Crippen molar-refractivity contribution in [2.45, 2.75) is 55.2 Å². The van der Waals surface area contributed by atoms with Crippen LogP contribution in [0.5, 0.6) is 5.75 Å². The van der Waals surface area contributed by atoms with E-state index in [-0.39, 0.29) is 71.2 Å². The third kappa shape index (κ3) is 5.11. The Morgan fingerprint density at radius 3 is 2.62 bits per heavy atom. The molecule has 13 heteroatoms. The molecule has 2 aromatic rings. The summed E-state index contributed by atoms with van der Waals surface area (Å²) in [6.07, 6.45) is 2.58. The van der Waals surface area contributed by atoms with Gasteiger partial charge in [-0.1, -0.05) is 33.7 Å². The minimum Gasteiger partial charge on any atom is -0.482 e. The molecule has 42 heavy (non-hydrogen) atoms. The molecule has 1 saturated heterocycles. The van der Waals surface area contributed by atoms with Gasteiger partial charge in [0.15, 0.2) is 6.61 Å². The van der Waals surface area contributed by atoms with Gasteiger partial charge in [0.2, 0.25) is 11.8 Å². The molecule has 6 unspecified atom stereocenters. The number of rotatable bonds is 11. The van der Waals surface area contributed by atoms with Gasteiger partial charge in [0.25, 0.3) is 0 Å². The maximum atomic E-state index is 13.8. The van der Waals surface area contributed by atoms with Crippen molar-refractivity contribution in [2.75, 3.05) is 19.8 Å². The fourth-order valence-corrected chi connectivity index (χ4v) is 10.9. The van der Waals surface area contributed by atoms with Gasteiger partial charge in [0.05, 0.1) is 23.5 Å². The Labute approximate surface area is 258 Å². The van der Waals surface area contributed by atoms with Crippen LogP contribution in [0.4, 0.5) is 0 Å². The van der Waals surface area contributed by atoms with Crippen LogP contribution < -0.4 is 9.61 Å². The van der Waals surface area contributed by atoms with Gasteiger partial charge >= 0.3 is 16.8 Å². The number of hydrogen-bond acceptors (Lipinski definition) is 9. The van der Waals surface area contributed by atoms with Crippen molar-refractivity contribution in [1.29, 1.82) is 0 Å². The Morgan fingerprint density at radius 1 is 1.12 bits per heavy atom. The molecule has 0 spiro atoms. The number of carbonyl (C=O) groups excluding carboxylic acids is 3. The number of benzene rings is 1. The highest BCUT2D eigenvalue weighted by Crippen LogP contribution is 2.69. The molecule has 3 fully saturated rings. The number of unbranched alkanes of at least 4 members (excludes halogenated alkanes) is 2. The number of aromatic nitrogens is 1. The number of carboxylic acid groups (broad SMARTS) is 1. The van der Waals surface area contributed by atoms with E-state index in [4.69, 9.17) is 14.6 Å². The second-order valence-electron chi connectivity index (χ2n) is 11.3. The third-order valence-corrected chi connectivity index (χ3v) is 12.1. The van der Waals surface area contributed by atoms with Crippen LogP contribution in [0.2, 0.25) is 0 Å². The molecular formula is C29H31BrN2O8S2. The zero-order valence-electron chi connectivity index (χ0n) is 22.9. The summed E-state index contributed by atoms with van der Waals surface area (Å²) in [7, 11) is 0. The van der Waals surface area contributed by atoms with Crippen LogP contribution in [0.15, 0.2) is 32.5 Å². The van der Waals surface area contributed by atoms with E-state index in [1.807, 2.05) is 12.1 Å². The zero-order chi connectivity index (χ0) is 29.7. The summed E-state index contributed by atoms with van der Waals surface area (Å²) < 4.78 is 11.9. The highest BCUT2D eigenvalue weighted by molar-refractivity contribution is 9.10. The highest BCUT2D eigenvalue weighted by atomic mass is 79.9. The molecule has 1 aromatic heterocycles. The van der Waals surface area contributed by atoms with Gasteiger partial charge < -0.3 is 19.6 Å². The van der Waals surface area contributed by atoms with Gasteiger partial charge in [-0.05, 0) is 62.1 Å². The Morgan fingerprint density at radius 2 is 1.88 bits per heavy atom. The number of imide groups is 1. The number of halogens is 1. The summed E-state index contributed by atoms with van der Waals surface area (Å²) in [6.45, 7) is 2.04. The molecule has 4 aliphatic rings. The number of ether oxygens (including phenoxy) is 2. The minimum absolute atomic E-state index is 0.00133. The highest BCUT2D eigenvalue weighted by Gasteiger charge is 2.69. The van der Waals surface area contributed by atoms with E-state index >= 15 is 0 Å². The Bertz CT molecular complexity index is 1490. The number of thioether (sulfide) groups is 1. The van der Waals surface area contributed by atoms with Crippen LogP contribution >= 0.6 is 39.0 Å². The van der Waals surface area contributed by atoms with Gasteiger partial charge in [0.1, 0.15) is 5.75 Å². The van der Waals surface area contributed by atoms with Crippen LogP contribution in [-0.2, 0) is 23.9 Å². The number of fused-ring (bicyclic) bond motifs is 9. The topological polar surface area (TPSA) is 143 Å². The van der Waals surface area contributed by atoms with Crippen molar-refractivity contribution in [3.8, 4) is 5.75 Å². The lowest BCUT2D eigenvalue weighted by Crippen LogP contribution is -2.42. The van der Waals surface area contributed by atoms with Crippen molar-refractivity contribution < 1.29 is 33.8 Å². The quantitative estimate of drug-likeness (QED) is 0.202. The molecule has 6 rings (SSSR count). The number of aromatic amines is 1. The number of nitrogens with one attached hydrogen (secondary N) is 1. The fraction of sp³-hybridized carbons (Fsp3) is 0.552. The molecule has 0 radical (unpaired) electrons. The normalized spacial score (nSPS) is 28.9. The van der Waals surface area contributed by atoms with Gasteiger partial charge in [-0.2, -0.15) is 0 Å². The number of amides is 2. The third-order valence-electron chi connectivity index (χ3n) is 9.05. The summed E-state index contributed by atoms with van der Waals surface area (Å²) in [5, 5.41) is 9.72. The second kappa shape index (κ2) is 11.8. The summed E-state index contributed by atoms with van der Waals surface area (Å²) in [5.41, 5.74) is 0.830. The van der Waals surface area contributed by atoms with Gasteiger partial charge in [0, 0.05) is 39.0 Å². The lowest BCUT2D eigenvalue weighted by Gasteiger charge is -2.43. The number of carboxylic acids is 1. The molecule has 2 saturated carbocycles. The smallest absolute Gasteiger partial charge is 0.344 e. The van der Waals surface area contributed by atoms with Crippen LogP contribution in [-0.4, -0.2) is 63.8 Å². The first-order valence-corrected chi connectivity index (χ1v) is 16.7. The summed E-state index contributed by atoms with van der Waals surface area (Å²) in [4.78, 5) is 68.1. The van der Waals surface area contributed by atoms with Crippen LogP contribution in [0.1, 0.15) is 55.4 Å². The van der Waals surface area contributed by atoms with Crippen LogP contribution in [0, 0.1) is 29.6 Å². The number of carbonyl (C=O) groups is 4. The Hall–Kier alpha value is -2.64. The molecule has 3 heterocycles. The molecule has 224 valence electrons. The van der Waals surface area contributed by atoms with E-state index in [0.717, 1.165) is 37.7 Å². The first-order valence-electron chi connectivity index (χ1n) is 14.2. The molecule has 7 atom stereocenters. The minimum atomic E-state index is -0.848. The van der Waals surface area contributed by atoms with Crippen molar-refractivity contribution in [3.63, 3.8) is 0 Å². The summed E-state index contributed by atoms with van der Waals surface area (Å²) in [6, 6.07) is 5.60. The van der Waals surface area contributed by atoms with Crippen molar-refractivity contribution in [3.05, 3.63) is 42.8 Å². The van der Waals surface area contributed by atoms with Gasteiger partial charge in [-0.25, -0.2) is 4.79 Å². The molecule has 2 aliphatic carbocycles. The number of H-pyrrole nitrogens is 1. The van der Waals surface area contributed by atoms with Gasteiger partial charge in [-0.3, -0.25) is 24.1 Å². The van der Waals surface area contributed by atoms with E-state index < -0.39 is 17.9 Å². The number of esters is 1. The monoisotopic (exact) mass is 678 g/mol. The van der Waals surface area contributed by atoms with E-state index in [0.29, 0.717) is 31.6 Å². The summed E-state index contributed by atoms with van der Waals surface area (Å²) >= 11 is 6.36. The van der Waals surface area contributed by atoms with Crippen LogP contribution in [0.3, 0.4) is 0 Å². The summed E-state index contributed by atoms with van der Waals surface area (Å²) in [5.74, 6) is -2.13. The molecule has 1 aromatic carbocycles. The average molecular weight is 680 g/mol. The molecule has 2 aliphatic heterocycles. The standard InChI is InChI=1S/C29H31BrN2O8S2/c1-2-39-19(35)12-40-17-8-7-13(30)10-14(17)20-21-15-11-16(24(21)41-26-25(20)42-29(38)31-26)23-22(15)27(36)32(28(23)37)9-5-3-4-6-18(33)34/h7-8,10,15-16,20-24H,2-6,9,11-12H2,1H3,(H,31,38)(H,33,34)/t15?,16?,20-,21?,22?,23?,24?/m1/s1. The van der Waals surface area contributed by atoms with Crippen molar-refractivity contribution in [1.82, 2.24) is 9.88 Å². The van der Waals surface area contributed by atoms with Crippen LogP contribution in [0.25, 0.3) is 0 Å². The number of likely N-dealkylation sites (tertiary alicyclic amines) is 1. The van der Waals surface area contributed by atoms with E-state index in [1.54, 1.807) is 24.8 Å². The average Bonchev–Trinajstić information content (AvgIpc) is 3.67. The van der Waals surface area contributed by atoms with E-state index in [9.17, 15) is 24.0 Å². The number of hydrogen-bond donors (Lipinski definition) is 2. The largest absolute Gasteiger partial charge is 0.482 e. The van der Waals surface area contributed by atoms with E-state index in [2.05, 4.69) is 20.9 Å². The van der Waals surface area contributed by atoms with Crippen molar-refractivity contribution >= 4 is 62.8 Å². The predicted molar refractivity (Wildman–Crippen MR) is 158 cm³/mol. The molecule has 10 nitrogen and oxygen atoms in total. The molecule has 2 amide bonds. The molecule has 2 N–H and O–H groups in total. The van der Waals surface area contributed by atoms with Crippen molar-refractivity contribution in [2.24, 2.45) is 29.6 Å². The molecule has 2 bridgehead atoms. The molecular weight excluding hydrogens is 648 g/mol. The SMILES string of the molecule is CCOC(=O)COc1ccc(Br)cc1[C@H]1c2sc(=O)[nH]c2SC2C3CC(C4C(=O)N(CCCCCC(=O)O)C(=O)C34)C21. The van der Waals surface area contributed by atoms with E-state index in [1.165, 1.54) is 4.90 Å². The first-order chi connectivity index (χ1) is 20.2. The number of aliphatic carboxylic acids is 1. The maximum Gasteiger partial charge on any atom is 0.344 e. The zero-order valence-corrected chi connectivity index (χ0v) is 26.1.